The molecule has 2 N–H and O–H groups in total. The molecule has 2 rings (SSSR count). The van der Waals surface area contributed by atoms with Gasteiger partial charge in [-0.2, -0.15) is 0 Å². The van der Waals surface area contributed by atoms with Gasteiger partial charge in [0, 0.05) is 30.4 Å². The van der Waals surface area contributed by atoms with Crippen molar-refractivity contribution in [3.8, 4) is 5.75 Å². The smallest absolute Gasteiger partial charge is 0.120 e. The van der Waals surface area contributed by atoms with Gasteiger partial charge in [-0.1, -0.05) is 0 Å². The summed E-state index contributed by atoms with van der Waals surface area (Å²) in [6, 6.07) is 5.29. The topological polar surface area (TPSA) is 70.1 Å². The summed E-state index contributed by atoms with van der Waals surface area (Å²) >= 11 is 0. The van der Waals surface area contributed by atoms with Crippen LogP contribution in [0.1, 0.15) is 12.7 Å². The molecule has 1 atom stereocenters. The van der Waals surface area contributed by atoms with Crippen molar-refractivity contribution >= 4 is 16.5 Å². The lowest BCUT2D eigenvalue weighted by atomic mass is 10.3. The highest BCUT2D eigenvalue weighted by molar-refractivity contribution is 7.85. The fourth-order valence-corrected chi connectivity index (χ4v) is 3.06. The molecule has 108 valence electrons. The molecule has 6 heteroatoms. The highest BCUT2D eigenvalue weighted by Gasteiger charge is 2.10. The summed E-state index contributed by atoms with van der Waals surface area (Å²) in [4.78, 5) is 4.78. The molecule has 1 heterocycles. The Morgan fingerprint density at radius 1 is 1.45 bits per heavy atom. The number of imidazole rings is 1. The molecule has 1 unspecified atom stereocenters. The van der Waals surface area contributed by atoms with E-state index in [1.807, 2.05) is 24.6 Å². The fourth-order valence-electron chi connectivity index (χ4n) is 1.90. The second-order valence-corrected chi connectivity index (χ2v) is 5.89. The van der Waals surface area contributed by atoms with Crippen molar-refractivity contribution in [2.75, 3.05) is 18.1 Å². The lowest BCUT2D eigenvalue weighted by molar-refractivity contribution is 0.339. The van der Waals surface area contributed by atoms with Crippen LogP contribution in [-0.4, -0.2) is 26.1 Å². The minimum Gasteiger partial charge on any atom is -0.494 e. The van der Waals surface area contributed by atoms with Gasteiger partial charge >= 0.3 is 0 Å². The normalized spacial score (nSPS) is 12.3. The Bertz CT molecular complexity index is 610. The van der Waals surface area contributed by atoms with Crippen molar-refractivity contribution in [3.63, 3.8) is 0 Å². The van der Waals surface area contributed by atoms with Crippen LogP contribution in [0.4, 0.5) is 5.69 Å². The Labute approximate surface area is 121 Å². The number of rotatable bonds is 6. The highest BCUT2D eigenvalue weighted by Crippen LogP contribution is 2.23. The average molecular weight is 293 g/mol. The van der Waals surface area contributed by atoms with E-state index < -0.39 is 10.8 Å². The Kier molecular flexibility index (Phi) is 4.79. The van der Waals surface area contributed by atoms with Crippen molar-refractivity contribution < 1.29 is 8.95 Å². The van der Waals surface area contributed by atoms with Gasteiger partial charge in [0.25, 0.3) is 0 Å². The SMILES string of the molecule is CCOc1ccc(N)c(S(=O)CCn2ccnc2C)c1. The van der Waals surface area contributed by atoms with E-state index in [0.717, 1.165) is 5.82 Å². The summed E-state index contributed by atoms with van der Waals surface area (Å²) < 4.78 is 19.8. The molecule has 20 heavy (non-hydrogen) atoms. The van der Waals surface area contributed by atoms with E-state index >= 15 is 0 Å². The van der Waals surface area contributed by atoms with Gasteiger partial charge in [-0.05, 0) is 32.0 Å². The van der Waals surface area contributed by atoms with Gasteiger partial charge in [0.1, 0.15) is 11.6 Å². The number of aromatic nitrogens is 2. The Balaban J connectivity index is 2.08. The zero-order chi connectivity index (χ0) is 14.5. The van der Waals surface area contributed by atoms with E-state index in [1.165, 1.54) is 0 Å². The first-order valence-electron chi connectivity index (χ1n) is 6.50. The first-order valence-corrected chi connectivity index (χ1v) is 7.82. The Morgan fingerprint density at radius 2 is 2.25 bits per heavy atom. The second-order valence-electron chi connectivity index (χ2n) is 4.35. The third kappa shape index (κ3) is 3.39. The number of ether oxygens (including phenoxy) is 1. The standard InChI is InChI=1S/C14H19N3O2S/c1-3-19-12-4-5-13(15)14(10-12)20(18)9-8-17-7-6-16-11(17)2/h4-7,10H,3,8-9,15H2,1-2H3. The van der Waals surface area contributed by atoms with Gasteiger partial charge < -0.3 is 15.0 Å². The molecule has 0 fully saturated rings. The van der Waals surface area contributed by atoms with E-state index in [0.29, 0.717) is 35.2 Å². The molecule has 0 bridgehead atoms. The van der Waals surface area contributed by atoms with Crippen molar-refractivity contribution in [1.29, 1.82) is 0 Å². The maximum atomic E-state index is 12.4. The third-order valence-electron chi connectivity index (χ3n) is 2.98. The Hall–Kier alpha value is -1.82. The first-order chi connectivity index (χ1) is 9.61. The van der Waals surface area contributed by atoms with Crippen LogP contribution in [0, 0.1) is 6.92 Å². The quantitative estimate of drug-likeness (QED) is 0.827. The zero-order valence-electron chi connectivity index (χ0n) is 11.7. The van der Waals surface area contributed by atoms with E-state index in [1.54, 1.807) is 24.4 Å². The zero-order valence-corrected chi connectivity index (χ0v) is 12.5. The summed E-state index contributed by atoms with van der Waals surface area (Å²) in [6.07, 6.45) is 3.62. The molecule has 0 radical (unpaired) electrons. The van der Waals surface area contributed by atoms with Gasteiger partial charge in [0.05, 0.1) is 22.3 Å². The minimum absolute atomic E-state index is 0.497. The van der Waals surface area contributed by atoms with Crippen LogP contribution >= 0.6 is 0 Å². The van der Waals surface area contributed by atoms with Gasteiger partial charge in [0.2, 0.25) is 0 Å². The molecule has 0 aliphatic carbocycles. The number of nitrogen functional groups attached to an aromatic ring is 1. The minimum atomic E-state index is -1.16. The molecule has 0 aliphatic rings. The number of aryl methyl sites for hydroxylation is 2. The number of hydrogen-bond acceptors (Lipinski definition) is 4. The van der Waals surface area contributed by atoms with E-state index in [4.69, 9.17) is 10.5 Å². The van der Waals surface area contributed by atoms with Gasteiger partial charge in [-0.25, -0.2) is 4.98 Å². The molecular formula is C14H19N3O2S. The number of anilines is 1. The maximum absolute atomic E-state index is 12.4. The fraction of sp³-hybridized carbons (Fsp3) is 0.357. The Morgan fingerprint density at radius 3 is 2.90 bits per heavy atom. The first kappa shape index (κ1) is 14.6. The monoisotopic (exact) mass is 293 g/mol. The lowest BCUT2D eigenvalue weighted by Gasteiger charge is -2.10. The molecule has 0 aliphatic heterocycles. The largest absolute Gasteiger partial charge is 0.494 e. The predicted octanol–water partition coefficient (Wildman–Crippen LogP) is 1.98. The van der Waals surface area contributed by atoms with Gasteiger partial charge in [-0.15, -0.1) is 0 Å². The molecule has 1 aromatic heterocycles. The summed E-state index contributed by atoms with van der Waals surface area (Å²) in [5.41, 5.74) is 6.43. The predicted molar refractivity (Wildman–Crippen MR) is 80.3 cm³/mol. The summed E-state index contributed by atoms with van der Waals surface area (Å²) in [5.74, 6) is 2.11. The summed E-state index contributed by atoms with van der Waals surface area (Å²) in [7, 11) is -1.16. The van der Waals surface area contributed by atoms with E-state index in [9.17, 15) is 4.21 Å². The molecule has 0 amide bonds. The second kappa shape index (κ2) is 6.56. The number of benzene rings is 1. The summed E-state index contributed by atoms with van der Waals surface area (Å²) in [6.45, 7) is 5.06. The van der Waals surface area contributed by atoms with Gasteiger partial charge in [0.15, 0.2) is 0 Å². The van der Waals surface area contributed by atoms with Crippen molar-refractivity contribution in [2.24, 2.45) is 0 Å². The van der Waals surface area contributed by atoms with E-state index in [-0.39, 0.29) is 0 Å². The molecule has 0 saturated heterocycles. The third-order valence-corrected chi connectivity index (χ3v) is 4.38. The maximum Gasteiger partial charge on any atom is 0.120 e. The van der Waals surface area contributed by atoms with Gasteiger partial charge in [-0.3, -0.25) is 4.21 Å². The highest BCUT2D eigenvalue weighted by atomic mass is 32.2. The van der Waals surface area contributed by atoms with Crippen LogP contribution in [0.5, 0.6) is 5.75 Å². The average Bonchev–Trinajstić information content (AvgIpc) is 2.84. The molecule has 1 aromatic carbocycles. The van der Waals surface area contributed by atoms with E-state index in [2.05, 4.69) is 4.98 Å². The van der Waals surface area contributed by atoms with Crippen molar-refractivity contribution in [1.82, 2.24) is 9.55 Å². The molecule has 5 nitrogen and oxygen atoms in total. The van der Waals surface area contributed by atoms with Crippen LogP contribution in [0.3, 0.4) is 0 Å². The van der Waals surface area contributed by atoms with Crippen LogP contribution in [0.15, 0.2) is 35.5 Å². The molecule has 0 spiro atoms. The number of hydrogen-bond donors (Lipinski definition) is 1. The van der Waals surface area contributed by atoms with Crippen molar-refractivity contribution in [3.05, 3.63) is 36.4 Å². The molecule has 2 aromatic rings. The van der Waals surface area contributed by atoms with Crippen LogP contribution in [0.2, 0.25) is 0 Å². The van der Waals surface area contributed by atoms with Crippen LogP contribution in [0.25, 0.3) is 0 Å². The number of nitrogens with two attached hydrogens (primary N) is 1. The lowest BCUT2D eigenvalue weighted by Crippen LogP contribution is -2.10. The summed E-state index contributed by atoms with van der Waals surface area (Å²) in [5, 5.41) is 0. The van der Waals surface area contributed by atoms with Crippen LogP contribution in [-0.2, 0) is 17.3 Å². The van der Waals surface area contributed by atoms with Crippen LogP contribution < -0.4 is 10.5 Å². The molecular weight excluding hydrogens is 274 g/mol. The number of nitrogens with zero attached hydrogens (tertiary/aromatic N) is 2. The molecule has 0 saturated carbocycles. The van der Waals surface area contributed by atoms with Crippen molar-refractivity contribution in [2.45, 2.75) is 25.3 Å².